The summed E-state index contributed by atoms with van der Waals surface area (Å²) >= 11 is 0. The third kappa shape index (κ3) is 1.41. The molecule has 0 aliphatic carbocycles. The first-order chi connectivity index (χ1) is 7.11. The molecule has 1 unspecified atom stereocenters. The number of hydrogen-bond acceptors (Lipinski definition) is 4. The van der Waals surface area contributed by atoms with Crippen molar-refractivity contribution in [3.63, 3.8) is 0 Å². The van der Waals surface area contributed by atoms with Gasteiger partial charge in [0.05, 0.1) is 5.56 Å². The highest BCUT2D eigenvalue weighted by Crippen LogP contribution is 2.26. The first kappa shape index (κ1) is 9.51. The Hall–Kier alpha value is -2.04. The third-order valence-electron chi connectivity index (χ3n) is 2.28. The van der Waals surface area contributed by atoms with Crippen molar-refractivity contribution in [2.24, 2.45) is 10.9 Å². The first-order valence-corrected chi connectivity index (χ1v) is 4.38. The number of aryl methyl sites for hydroxylation is 1. The first-order valence-electron chi connectivity index (χ1n) is 4.38. The Morgan fingerprint density at radius 2 is 2.27 bits per heavy atom. The molecule has 2 heterocycles. The van der Waals surface area contributed by atoms with Crippen LogP contribution >= 0.6 is 0 Å². The fraction of sp³-hybridized carbons (Fsp3) is 0.200. The van der Waals surface area contributed by atoms with Gasteiger partial charge in [0.25, 0.3) is 0 Å². The number of aliphatic imine (C=N–C) groups is 1. The lowest BCUT2D eigenvalue weighted by Gasteiger charge is -2.14. The number of Topliss-reactive ketones (excluding diaryl/α,β-unsaturated/α-hetero) is 1. The van der Waals surface area contributed by atoms with Gasteiger partial charge in [-0.05, 0) is 18.6 Å². The maximum atomic E-state index is 11.8. The largest absolute Gasteiger partial charge is 0.480 e. The average Bonchev–Trinajstić information content (AvgIpc) is 2.17. The summed E-state index contributed by atoms with van der Waals surface area (Å²) in [6.45, 7) is 1.73. The molecule has 1 aromatic rings. The zero-order chi connectivity index (χ0) is 11.0. The number of aromatic nitrogens is 1. The van der Waals surface area contributed by atoms with Crippen LogP contribution in [0.1, 0.15) is 15.9 Å². The molecule has 1 aliphatic heterocycles. The monoisotopic (exact) mass is 204 g/mol. The van der Waals surface area contributed by atoms with Crippen LogP contribution in [-0.2, 0) is 4.79 Å². The van der Waals surface area contributed by atoms with Crippen LogP contribution in [-0.4, -0.2) is 28.1 Å². The quantitative estimate of drug-likeness (QED) is 0.692. The highest BCUT2D eigenvalue weighted by atomic mass is 16.4. The van der Waals surface area contributed by atoms with E-state index in [1.54, 1.807) is 19.2 Å². The number of rotatable bonds is 1. The summed E-state index contributed by atoms with van der Waals surface area (Å²) in [6.07, 6.45) is 2.67. The van der Waals surface area contributed by atoms with Crippen molar-refractivity contribution in [3.05, 3.63) is 23.4 Å². The van der Waals surface area contributed by atoms with Gasteiger partial charge in [-0.1, -0.05) is 0 Å². The summed E-state index contributed by atoms with van der Waals surface area (Å²) in [6, 6.07) is 1.66. The third-order valence-corrected chi connectivity index (χ3v) is 2.28. The lowest BCUT2D eigenvalue weighted by atomic mass is 9.94. The van der Waals surface area contributed by atoms with E-state index in [9.17, 15) is 9.59 Å². The van der Waals surface area contributed by atoms with Crippen molar-refractivity contribution in [2.75, 3.05) is 0 Å². The fourth-order valence-electron chi connectivity index (χ4n) is 1.49. The number of carbonyl (C=O) groups excluding carboxylic acids is 1. The minimum Gasteiger partial charge on any atom is -0.480 e. The van der Waals surface area contributed by atoms with Crippen molar-refractivity contribution in [3.8, 4) is 0 Å². The number of fused-ring (bicyclic) bond motifs is 1. The maximum absolute atomic E-state index is 11.8. The smallest absolute Gasteiger partial charge is 0.319 e. The summed E-state index contributed by atoms with van der Waals surface area (Å²) in [5.41, 5.74) is 1.01. The zero-order valence-electron chi connectivity index (χ0n) is 7.97. The molecule has 0 radical (unpaired) electrons. The number of ketones is 1. The second kappa shape index (κ2) is 3.27. The number of carbonyl (C=O) groups is 2. The van der Waals surface area contributed by atoms with E-state index in [1.165, 1.54) is 0 Å². The van der Waals surface area contributed by atoms with Crippen molar-refractivity contribution in [1.29, 1.82) is 0 Å². The van der Waals surface area contributed by atoms with E-state index in [0.29, 0.717) is 16.9 Å². The van der Waals surface area contributed by atoms with Gasteiger partial charge < -0.3 is 5.11 Å². The Morgan fingerprint density at radius 3 is 2.93 bits per heavy atom. The van der Waals surface area contributed by atoms with Gasteiger partial charge in [-0.2, -0.15) is 0 Å². The highest BCUT2D eigenvalue weighted by molar-refractivity contribution is 6.22. The molecule has 76 valence electrons. The Morgan fingerprint density at radius 1 is 1.53 bits per heavy atom. The van der Waals surface area contributed by atoms with E-state index in [0.717, 1.165) is 6.21 Å². The molecule has 1 aromatic heterocycles. The Labute approximate surface area is 85.5 Å². The number of pyridine rings is 1. The number of nitrogens with zero attached hydrogens (tertiary/aromatic N) is 2. The van der Waals surface area contributed by atoms with Gasteiger partial charge in [0.1, 0.15) is 0 Å². The molecule has 0 bridgehead atoms. The lowest BCUT2D eigenvalue weighted by Crippen LogP contribution is -2.28. The lowest BCUT2D eigenvalue weighted by molar-refractivity contribution is -0.137. The summed E-state index contributed by atoms with van der Waals surface area (Å²) in [7, 11) is 0. The van der Waals surface area contributed by atoms with Crippen molar-refractivity contribution in [1.82, 2.24) is 4.98 Å². The second-order valence-corrected chi connectivity index (χ2v) is 3.28. The maximum Gasteiger partial charge on any atom is 0.319 e. The van der Waals surface area contributed by atoms with E-state index in [-0.39, 0.29) is 0 Å². The van der Waals surface area contributed by atoms with E-state index in [4.69, 9.17) is 5.11 Å². The fourth-order valence-corrected chi connectivity index (χ4v) is 1.49. The van der Waals surface area contributed by atoms with Gasteiger partial charge in [0.15, 0.2) is 17.5 Å². The predicted octanol–water partition coefficient (Wildman–Crippen LogP) is 0.989. The molecule has 5 nitrogen and oxygen atoms in total. The minimum absolute atomic E-state index is 0.303. The van der Waals surface area contributed by atoms with Crippen LogP contribution in [0.3, 0.4) is 0 Å². The molecular formula is C10H8N2O3. The van der Waals surface area contributed by atoms with Gasteiger partial charge >= 0.3 is 5.97 Å². The predicted molar refractivity (Wildman–Crippen MR) is 52.6 cm³/mol. The van der Waals surface area contributed by atoms with Gasteiger partial charge in [0.2, 0.25) is 0 Å². The van der Waals surface area contributed by atoms with Crippen LogP contribution in [0.5, 0.6) is 0 Å². The van der Waals surface area contributed by atoms with Crippen LogP contribution in [0, 0.1) is 12.8 Å². The summed E-state index contributed by atoms with van der Waals surface area (Å²) in [5.74, 6) is -2.51. The van der Waals surface area contributed by atoms with E-state index >= 15 is 0 Å². The second-order valence-electron chi connectivity index (χ2n) is 3.28. The number of hydrogen-bond donors (Lipinski definition) is 1. The van der Waals surface area contributed by atoms with Crippen molar-refractivity contribution >= 4 is 23.8 Å². The van der Waals surface area contributed by atoms with E-state index < -0.39 is 17.7 Å². The van der Waals surface area contributed by atoms with Gasteiger partial charge in [0, 0.05) is 12.4 Å². The molecule has 0 fully saturated rings. The average molecular weight is 204 g/mol. The van der Waals surface area contributed by atoms with Crippen LogP contribution in [0.15, 0.2) is 17.3 Å². The number of carboxylic acid groups (broad SMARTS) is 1. The van der Waals surface area contributed by atoms with Crippen LogP contribution in [0.2, 0.25) is 0 Å². The minimum atomic E-state index is -1.18. The highest BCUT2D eigenvalue weighted by Gasteiger charge is 2.31. The molecule has 0 saturated heterocycles. The van der Waals surface area contributed by atoms with Gasteiger partial charge in [-0.3, -0.25) is 9.59 Å². The summed E-state index contributed by atoms with van der Waals surface area (Å²) < 4.78 is 0. The standard InChI is InChI=1S/C10H8N2O3/c1-5-2-3-11-9-7(5)8(13)6(4-12-9)10(14)15/h2-4,6H,1H3,(H,14,15). The number of carboxylic acids is 1. The normalized spacial score (nSPS) is 18.7. The molecule has 0 amide bonds. The van der Waals surface area contributed by atoms with Gasteiger partial charge in [-0.25, -0.2) is 9.98 Å². The van der Waals surface area contributed by atoms with Crippen LogP contribution in [0.4, 0.5) is 5.82 Å². The molecule has 1 atom stereocenters. The molecule has 0 aromatic carbocycles. The van der Waals surface area contributed by atoms with Crippen LogP contribution < -0.4 is 0 Å². The number of aliphatic carboxylic acids is 1. The summed E-state index contributed by atoms with van der Waals surface area (Å²) in [5, 5.41) is 8.79. The molecule has 15 heavy (non-hydrogen) atoms. The molecule has 0 saturated carbocycles. The van der Waals surface area contributed by atoms with E-state index in [2.05, 4.69) is 9.98 Å². The molecule has 5 heteroatoms. The van der Waals surface area contributed by atoms with Gasteiger partial charge in [-0.15, -0.1) is 0 Å². The van der Waals surface area contributed by atoms with Crippen LogP contribution in [0.25, 0.3) is 0 Å². The molecule has 2 rings (SSSR count). The van der Waals surface area contributed by atoms with Crippen molar-refractivity contribution < 1.29 is 14.7 Å². The summed E-state index contributed by atoms with van der Waals surface area (Å²) in [4.78, 5) is 30.3. The molecule has 0 spiro atoms. The molecule has 1 aliphatic rings. The topological polar surface area (TPSA) is 79.6 Å². The van der Waals surface area contributed by atoms with Crippen molar-refractivity contribution in [2.45, 2.75) is 6.92 Å². The Bertz CT molecular complexity index is 480. The Kier molecular flexibility index (Phi) is 2.07. The van der Waals surface area contributed by atoms with E-state index in [1.807, 2.05) is 0 Å². The zero-order valence-corrected chi connectivity index (χ0v) is 7.97. The SMILES string of the molecule is Cc1ccnc2c1C(=O)C(C(=O)O)C=N2. The molecular weight excluding hydrogens is 196 g/mol. The molecule has 1 N–H and O–H groups in total. The Balaban J connectivity index is 2.58.